The lowest BCUT2D eigenvalue weighted by Crippen LogP contribution is -2.35. The highest BCUT2D eigenvalue weighted by atomic mass is 16.6. The fourth-order valence-corrected chi connectivity index (χ4v) is 1.28. The third-order valence-corrected chi connectivity index (χ3v) is 1.95. The molecule has 0 bridgehead atoms. The molecule has 1 amide bonds. The Kier molecular flexibility index (Phi) is 2.07. The van der Waals surface area contributed by atoms with Crippen LogP contribution < -0.4 is 10.9 Å². The minimum atomic E-state index is -0.474. The summed E-state index contributed by atoms with van der Waals surface area (Å²) in [5.41, 5.74) is 8.12. The van der Waals surface area contributed by atoms with Crippen molar-refractivity contribution in [2.45, 2.75) is 26.4 Å². The van der Waals surface area contributed by atoms with Crippen LogP contribution in [0.2, 0.25) is 0 Å². The molecule has 0 aromatic rings. The van der Waals surface area contributed by atoms with Gasteiger partial charge in [0.1, 0.15) is 5.60 Å². The molecule has 2 rings (SSSR count). The van der Waals surface area contributed by atoms with Crippen LogP contribution in [0.25, 0.3) is 11.1 Å². The SMILES string of the molecule is CC(C)(C)OC(=O)NNc1ccc2cc1-2. The van der Waals surface area contributed by atoms with Crippen LogP contribution in [0.1, 0.15) is 20.8 Å². The molecule has 0 aliphatic heterocycles. The second kappa shape index (κ2) is 3.15. The summed E-state index contributed by atoms with van der Waals surface area (Å²) in [5.74, 6) is 0. The third kappa shape index (κ3) is 2.40. The number of hydrogen-bond donors (Lipinski definition) is 2. The number of ether oxygens (including phenoxy) is 1. The Balaban J connectivity index is 1.79. The van der Waals surface area contributed by atoms with Gasteiger partial charge in [0.2, 0.25) is 0 Å². The van der Waals surface area contributed by atoms with Crippen molar-refractivity contribution in [2.24, 2.45) is 0 Å². The van der Waals surface area contributed by atoms with Crippen molar-refractivity contribution >= 4 is 11.8 Å². The number of carbonyl (C=O) groups excluding carboxylic acids is 1. The van der Waals surface area contributed by atoms with Gasteiger partial charge >= 0.3 is 6.09 Å². The number of hydrazine groups is 1. The lowest BCUT2D eigenvalue weighted by molar-refractivity contribution is 0.0541. The minimum Gasteiger partial charge on any atom is -0.443 e. The zero-order chi connectivity index (χ0) is 11.1. The first-order chi connectivity index (χ1) is 6.96. The Labute approximate surface area is 88.6 Å². The van der Waals surface area contributed by atoms with Gasteiger partial charge in [-0.25, -0.2) is 10.2 Å². The van der Waals surface area contributed by atoms with Crippen LogP contribution in [-0.2, 0) is 4.74 Å². The quantitative estimate of drug-likeness (QED) is 0.742. The Morgan fingerprint density at radius 3 is 2.53 bits per heavy atom. The predicted octanol–water partition coefficient (Wildman–Crippen LogP) is 2.52. The maximum atomic E-state index is 11.3. The maximum Gasteiger partial charge on any atom is 0.426 e. The molecule has 0 heterocycles. The lowest BCUT2D eigenvalue weighted by Gasteiger charge is -2.19. The highest BCUT2D eigenvalue weighted by molar-refractivity contribution is 5.93. The van der Waals surface area contributed by atoms with Crippen molar-refractivity contribution in [3.63, 3.8) is 0 Å². The average molecular weight is 206 g/mol. The molecule has 0 aromatic carbocycles. The molecular formula is C11H14N2O2. The number of hydrogen-bond acceptors (Lipinski definition) is 3. The number of anilines is 1. The zero-order valence-electron chi connectivity index (χ0n) is 9.05. The fraction of sp³-hybridized carbons (Fsp3) is 0.364. The standard InChI is InChI=1S/C11H14N2O2/c1-11(2,3)15-10(14)13-12-9-5-4-7-6-8(7)9/h4-6,12H,1-3H3,(H,13,14). The summed E-state index contributed by atoms with van der Waals surface area (Å²) in [6.45, 7) is 5.47. The summed E-state index contributed by atoms with van der Waals surface area (Å²) in [5, 5.41) is 0. The van der Waals surface area contributed by atoms with Crippen molar-refractivity contribution in [1.29, 1.82) is 0 Å². The molecule has 0 saturated carbocycles. The Morgan fingerprint density at radius 1 is 1.33 bits per heavy atom. The van der Waals surface area contributed by atoms with E-state index in [9.17, 15) is 4.79 Å². The van der Waals surface area contributed by atoms with Crippen LogP contribution in [0.15, 0.2) is 18.2 Å². The van der Waals surface area contributed by atoms with E-state index in [1.165, 1.54) is 5.56 Å². The number of fused-ring (bicyclic) bond motifs is 1. The van der Waals surface area contributed by atoms with Gasteiger partial charge in [-0.15, -0.1) is 0 Å². The van der Waals surface area contributed by atoms with Crippen molar-refractivity contribution in [1.82, 2.24) is 5.43 Å². The van der Waals surface area contributed by atoms with Crippen LogP contribution in [0.3, 0.4) is 0 Å². The maximum absolute atomic E-state index is 11.3. The van der Waals surface area contributed by atoms with Crippen LogP contribution in [-0.4, -0.2) is 11.7 Å². The number of benzene rings is 1. The molecule has 0 atom stereocenters. The first-order valence-corrected chi connectivity index (χ1v) is 4.85. The molecule has 2 N–H and O–H groups in total. The van der Waals surface area contributed by atoms with Gasteiger partial charge < -0.3 is 4.74 Å². The summed E-state index contributed by atoms with van der Waals surface area (Å²) in [6.07, 6.45) is -0.474. The van der Waals surface area contributed by atoms with E-state index in [2.05, 4.69) is 10.9 Å². The van der Waals surface area contributed by atoms with E-state index >= 15 is 0 Å². The van der Waals surface area contributed by atoms with E-state index in [0.29, 0.717) is 0 Å². The number of rotatable bonds is 2. The molecule has 80 valence electrons. The normalized spacial score (nSPS) is 11.9. The van der Waals surface area contributed by atoms with Gasteiger partial charge in [0.05, 0.1) is 5.69 Å². The number of nitrogens with one attached hydrogen (secondary N) is 2. The zero-order valence-corrected chi connectivity index (χ0v) is 9.05. The summed E-state index contributed by atoms with van der Waals surface area (Å²) >= 11 is 0. The predicted molar refractivity (Wildman–Crippen MR) is 58.4 cm³/mol. The molecule has 0 aromatic heterocycles. The number of carbonyl (C=O) groups is 1. The molecule has 4 heteroatoms. The fourth-order valence-electron chi connectivity index (χ4n) is 1.28. The minimum absolute atomic E-state index is 0.474. The second-order valence-electron chi connectivity index (χ2n) is 4.51. The Hall–Kier alpha value is -1.71. The van der Waals surface area contributed by atoms with Gasteiger partial charge in [-0.3, -0.25) is 5.43 Å². The van der Waals surface area contributed by atoms with E-state index in [4.69, 9.17) is 4.74 Å². The van der Waals surface area contributed by atoms with E-state index in [-0.39, 0.29) is 0 Å². The second-order valence-corrected chi connectivity index (χ2v) is 4.51. The number of amides is 1. The average Bonchev–Trinajstić information content (AvgIpc) is 2.74. The molecular weight excluding hydrogens is 192 g/mol. The Morgan fingerprint density at radius 2 is 2.07 bits per heavy atom. The smallest absolute Gasteiger partial charge is 0.426 e. The van der Waals surface area contributed by atoms with E-state index in [1.54, 1.807) is 0 Å². The van der Waals surface area contributed by atoms with Crippen LogP contribution in [0.4, 0.5) is 10.5 Å². The van der Waals surface area contributed by atoms with Crippen molar-refractivity contribution in [2.75, 3.05) is 5.43 Å². The highest BCUT2D eigenvalue weighted by Gasteiger charge is 2.19. The van der Waals surface area contributed by atoms with Gasteiger partial charge in [-0.1, -0.05) is 6.07 Å². The van der Waals surface area contributed by atoms with Crippen LogP contribution in [0.5, 0.6) is 0 Å². The van der Waals surface area contributed by atoms with E-state index in [1.807, 2.05) is 39.0 Å². The summed E-state index contributed by atoms with van der Waals surface area (Å²) < 4.78 is 5.07. The Bertz CT molecular complexity index is 408. The first kappa shape index (κ1) is 9.83. The molecule has 4 nitrogen and oxygen atoms in total. The first-order valence-electron chi connectivity index (χ1n) is 4.85. The topological polar surface area (TPSA) is 50.4 Å². The largest absolute Gasteiger partial charge is 0.443 e. The molecule has 0 unspecified atom stereocenters. The molecule has 0 saturated heterocycles. The molecule has 0 radical (unpaired) electrons. The summed E-state index contributed by atoms with van der Waals surface area (Å²) in [7, 11) is 0. The van der Waals surface area contributed by atoms with Crippen molar-refractivity contribution in [3.8, 4) is 11.1 Å². The molecule has 15 heavy (non-hydrogen) atoms. The highest BCUT2D eigenvalue weighted by Crippen LogP contribution is 2.41. The molecule has 0 fully saturated rings. The molecule has 2 aliphatic rings. The van der Waals surface area contributed by atoms with Gasteiger partial charge in [0.15, 0.2) is 0 Å². The van der Waals surface area contributed by atoms with Gasteiger partial charge in [0, 0.05) is 5.56 Å². The van der Waals surface area contributed by atoms with Crippen molar-refractivity contribution < 1.29 is 9.53 Å². The monoisotopic (exact) mass is 206 g/mol. The van der Waals surface area contributed by atoms with Crippen LogP contribution in [0, 0.1) is 0 Å². The van der Waals surface area contributed by atoms with Crippen LogP contribution >= 0.6 is 0 Å². The molecule has 2 aliphatic carbocycles. The van der Waals surface area contributed by atoms with E-state index in [0.717, 1.165) is 11.3 Å². The summed E-state index contributed by atoms with van der Waals surface area (Å²) in [4.78, 5) is 11.3. The summed E-state index contributed by atoms with van der Waals surface area (Å²) in [6, 6.07) is 5.95. The van der Waals surface area contributed by atoms with Gasteiger partial charge in [-0.2, -0.15) is 0 Å². The molecule has 0 spiro atoms. The third-order valence-electron chi connectivity index (χ3n) is 1.95. The van der Waals surface area contributed by atoms with Crippen molar-refractivity contribution in [3.05, 3.63) is 18.2 Å². The van der Waals surface area contributed by atoms with Gasteiger partial charge in [0.25, 0.3) is 0 Å². The van der Waals surface area contributed by atoms with E-state index < -0.39 is 11.7 Å². The lowest BCUT2D eigenvalue weighted by atomic mass is 10.2. The van der Waals surface area contributed by atoms with Gasteiger partial charge in [-0.05, 0) is 38.5 Å².